The molecule has 0 spiro atoms. The van der Waals surface area contributed by atoms with E-state index in [0.717, 1.165) is 6.42 Å². The zero-order chi connectivity index (χ0) is 12.1. The van der Waals surface area contributed by atoms with Crippen LogP contribution in [0, 0.1) is 11.8 Å². The van der Waals surface area contributed by atoms with Gasteiger partial charge in [-0.3, -0.25) is 4.79 Å². The summed E-state index contributed by atoms with van der Waals surface area (Å²) in [5.41, 5.74) is 5.51. The first-order valence-corrected chi connectivity index (χ1v) is 5.75. The van der Waals surface area contributed by atoms with Gasteiger partial charge in [0.05, 0.1) is 0 Å². The molecular formula is C12H26N2O. The van der Waals surface area contributed by atoms with Gasteiger partial charge in [0.15, 0.2) is 0 Å². The van der Waals surface area contributed by atoms with E-state index < -0.39 is 0 Å². The molecule has 0 saturated heterocycles. The van der Waals surface area contributed by atoms with E-state index in [9.17, 15) is 4.79 Å². The van der Waals surface area contributed by atoms with Gasteiger partial charge in [0.1, 0.15) is 0 Å². The fraction of sp³-hybridized carbons (Fsp3) is 0.917. The number of amides is 1. The Bertz CT molecular complexity index is 194. The summed E-state index contributed by atoms with van der Waals surface area (Å²) in [4.78, 5) is 11.6. The minimum atomic E-state index is -0.145. The van der Waals surface area contributed by atoms with Gasteiger partial charge in [-0.05, 0) is 45.6 Å². The highest BCUT2D eigenvalue weighted by atomic mass is 16.1. The Hall–Kier alpha value is -0.570. The number of hydrogen-bond acceptors (Lipinski definition) is 2. The van der Waals surface area contributed by atoms with Gasteiger partial charge in [0, 0.05) is 12.0 Å². The van der Waals surface area contributed by atoms with Crippen LogP contribution in [0.4, 0.5) is 0 Å². The van der Waals surface area contributed by atoms with Crippen molar-refractivity contribution in [2.75, 3.05) is 6.54 Å². The molecule has 0 radical (unpaired) electrons. The summed E-state index contributed by atoms with van der Waals surface area (Å²) in [5, 5.41) is 2.96. The molecule has 0 heterocycles. The molecule has 0 fully saturated rings. The molecular weight excluding hydrogens is 188 g/mol. The van der Waals surface area contributed by atoms with Gasteiger partial charge in [0.2, 0.25) is 5.91 Å². The van der Waals surface area contributed by atoms with Crippen LogP contribution >= 0.6 is 0 Å². The van der Waals surface area contributed by atoms with Gasteiger partial charge in [-0.2, -0.15) is 0 Å². The molecule has 3 N–H and O–H groups in total. The minimum Gasteiger partial charge on any atom is -0.352 e. The summed E-state index contributed by atoms with van der Waals surface area (Å²) >= 11 is 0. The number of carbonyl (C=O) groups excluding carboxylic acids is 1. The van der Waals surface area contributed by atoms with Crippen LogP contribution < -0.4 is 11.1 Å². The molecule has 0 unspecified atom stereocenters. The molecule has 0 saturated carbocycles. The Morgan fingerprint density at radius 2 is 1.87 bits per heavy atom. The molecule has 0 rings (SSSR count). The smallest absolute Gasteiger partial charge is 0.220 e. The van der Waals surface area contributed by atoms with E-state index in [1.165, 1.54) is 0 Å². The fourth-order valence-electron chi connectivity index (χ4n) is 1.66. The van der Waals surface area contributed by atoms with Crippen LogP contribution in [0.15, 0.2) is 0 Å². The average Bonchev–Trinajstić information content (AvgIpc) is 1.98. The van der Waals surface area contributed by atoms with Crippen LogP contribution in [0.3, 0.4) is 0 Å². The third-order valence-electron chi connectivity index (χ3n) is 2.13. The summed E-state index contributed by atoms with van der Waals surface area (Å²) in [6.07, 6.45) is 1.57. The number of rotatable bonds is 5. The van der Waals surface area contributed by atoms with Crippen LogP contribution in [0.1, 0.15) is 47.5 Å². The first-order chi connectivity index (χ1) is 6.74. The Labute approximate surface area is 93.8 Å². The van der Waals surface area contributed by atoms with Crippen molar-refractivity contribution in [3.05, 3.63) is 0 Å². The molecule has 90 valence electrons. The molecule has 0 aromatic rings. The molecule has 3 heteroatoms. The predicted octanol–water partition coefficient (Wildman–Crippen LogP) is 1.91. The Balaban J connectivity index is 4.02. The predicted molar refractivity (Wildman–Crippen MR) is 64.5 cm³/mol. The third kappa shape index (κ3) is 8.43. The Morgan fingerprint density at radius 3 is 2.20 bits per heavy atom. The summed E-state index contributed by atoms with van der Waals surface area (Å²) in [6, 6.07) is 0. The normalized spacial score (nSPS) is 14.1. The van der Waals surface area contributed by atoms with Crippen molar-refractivity contribution in [1.29, 1.82) is 0 Å². The van der Waals surface area contributed by atoms with Crippen molar-refractivity contribution in [2.24, 2.45) is 17.6 Å². The van der Waals surface area contributed by atoms with E-state index in [-0.39, 0.29) is 11.4 Å². The number of nitrogens with one attached hydrogen (secondary N) is 1. The maximum absolute atomic E-state index is 11.6. The van der Waals surface area contributed by atoms with Crippen LogP contribution in [-0.2, 0) is 4.79 Å². The summed E-state index contributed by atoms with van der Waals surface area (Å²) in [7, 11) is 0. The first-order valence-electron chi connectivity index (χ1n) is 5.75. The maximum Gasteiger partial charge on any atom is 0.220 e. The van der Waals surface area contributed by atoms with E-state index >= 15 is 0 Å². The van der Waals surface area contributed by atoms with Gasteiger partial charge < -0.3 is 11.1 Å². The Morgan fingerprint density at radius 1 is 1.33 bits per heavy atom. The standard InChI is InChI=1S/C12H26N2O/c1-9(2)6-10(8-13)7-11(15)14-12(3,4)5/h9-10H,6-8,13H2,1-5H3,(H,14,15)/t10-/m0/s1. The molecule has 0 aromatic heterocycles. The number of carbonyl (C=O) groups is 1. The second-order valence-corrected chi connectivity index (χ2v) is 5.73. The fourth-order valence-corrected chi connectivity index (χ4v) is 1.66. The second kappa shape index (κ2) is 6.11. The zero-order valence-electron chi connectivity index (χ0n) is 10.8. The second-order valence-electron chi connectivity index (χ2n) is 5.73. The number of nitrogens with two attached hydrogens (primary N) is 1. The van der Waals surface area contributed by atoms with Crippen LogP contribution in [-0.4, -0.2) is 18.0 Å². The van der Waals surface area contributed by atoms with Crippen LogP contribution in [0.2, 0.25) is 0 Å². The van der Waals surface area contributed by atoms with Crippen molar-refractivity contribution in [3.8, 4) is 0 Å². The average molecular weight is 214 g/mol. The Kier molecular flexibility index (Phi) is 5.88. The van der Waals surface area contributed by atoms with E-state index in [0.29, 0.717) is 24.8 Å². The topological polar surface area (TPSA) is 55.1 Å². The molecule has 0 aliphatic heterocycles. The highest BCUT2D eigenvalue weighted by Gasteiger charge is 2.18. The van der Waals surface area contributed by atoms with E-state index in [4.69, 9.17) is 5.73 Å². The molecule has 3 nitrogen and oxygen atoms in total. The first kappa shape index (κ1) is 14.4. The minimum absolute atomic E-state index is 0.110. The van der Waals surface area contributed by atoms with E-state index in [1.807, 2.05) is 20.8 Å². The lowest BCUT2D eigenvalue weighted by atomic mass is 9.93. The van der Waals surface area contributed by atoms with E-state index in [1.54, 1.807) is 0 Å². The van der Waals surface area contributed by atoms with Crippen molar-refractivity contribution in [1.82, 2.24) is 5.32 Å². The summed E-state index contributed by atoms with van der Waals surface area (Å²) in [5.74, 6) is 1.02. The van der Waals surface area contributed by atoms with E-state index in [2.05, 4.69) is 19.2 Å². The lowest BCUT2D eigenvalue weighted by Gasteiger charge is -2.23. The maximum atomic E-state index is 11.6. The number of hydrogen-bond donors (Lipinski definition) is 2. The van der Waals surface area contributed by atoms with Gasteiger partial charge in [0.25, 0.3) is 0 Å². The van der Waals surface area contributed by atoms with Gasteiger partial charge in [-0.1, -0.05) is 13.8 Å². The molecule has 0 bridgehead atoms. The highest BCUT2D eigenvalue weighted by Crippen LogP contribution is 2.14. The van der Waals surface area contributed by atoms with Crippen LogP contribution in [0.25, 0.3) is 0 Å². The zero-order valence-corrected chi connectivity index (χ0v) is 10.8. The van der Waals surface area contributed by atoms with Gasteiger partial charge in [-0.25, -0.2) is 0 Å². The molecule has 15 heavy (non-hydrogen) atoms. The van der Waals surface area contributed by atoms with Gasteiger partial charge >= 0.3 is 0 Å². The van der Waals surface area contributed by atoms with Gasteiger partial charge in [-0.15, -0.1) is 0 Å². The third-order valence-corrected chi connectivity index (χ3v) is 2.13. The molecule has 0 aromatic carbocycles. The van der Waals surface area contributed by atoms with Crippen LogP contribution in [0.5, 0.6) is 0 Å². The molecule has 1 amide bonds. The quantitative estimate of drug-likeness (QED) is 0.734. The van der Waals surface area contributed by atoms with Crippen molar-refractivity contribution in [3.63, 3.8) is 0 Å². The highest BCUT2D eigenvalue weighted by molar-refractivity contribution is 5.76. The lowest BCUT2D eigenvalue weighted by molar-refractivity contribution is -0.123. The SMILES string of the molecule is CC(C)C[C@H](CN)CC(=O)NC(C)(C)C. The van der Waals surface area contributed by atoms with Crippen molar-refractivity contribution >= 4 is 5.91 Å². The largest absolute Gasteiger partial charge is 0.352 e. The summed E-state index contributed by atoms with van der Waals surface area (Å²) < 4.78 is 0. The molecule has 1 atom stereocenters. The summed E-state index contributed by atoms with van der Waals surface area (Å²) in [6.45, 7) is 10.9. The monoisotopic (exact) mass is 214 g/mol. The lowest BCUT2D eigenvalue weighted by Crippen LogP contribution is -2.41. The molecule has 0 aliphatic rings. The van der Waals surface area contributed by atoms with Crippen molar-refractivity contribution in [2.45, 2.75) is 53.0 Å². The molecule has 0 aliphatic carbocycles. The van der Waals surface area contributed by atoms with Crippen molar-refractivity contribution < 1.29 is 4.79 Å².